The van der Waals surface area contributed by atoms with Gasteiger partial charge in [-0.25, -0.2) is 4.98 Å². The third-order valence-electron chi connectivity index (χ3n) is 3.90. The summed E-state index contributed by atoms with van der Waals surface area (Å²) in [4.78, 5) is 3.60. The number of halogens is 3. The zero-order valence-corrected chi connectivity index (χ0v) is 11.9. The Kier molecular flexibility index (Phi) is 4.71. The third-order valence-corrected chi connectivity index (χ3v) is 3.90. The molecule has 6 heteroatoms. The second-order valence-electron chi connectivity index (χ2n) is 5.66. The number of nitrogens with one attached hydrogen (secondary N) is 1. The molecule has 2 rings (SSSR count). The molecule has 1 N–H and O–H groups in total. The summed E-state index contributed by atoms with van der Waals surface area (Å²) < 4.78 is 38.2. The number of nitrogens with zero attached hydrogens (tertiary/aromatic N) is 2. The van der Waals surface area contributed by atoms with E-state index < -0.39 is 11.9 Å². The van der Waals surface area contributed by atoms with Crippen molar-refractivity contribution < 1.29 is 13.2 Å². The largest absolute Gasteiger partial charge is 0.433 e. The molecule has 2 unspecified atom stereocenters. The van der Waals surface area contributed by atoms with Crippen LogP contribution in [0.25, 0.3) is 0 Å². The van der Waals surface area contributed by atoms with E-state index in [1.807, 2.05) is 6.07 Å². The van der Waals surface area contributed by atoms with Crippen molar-refractivity contribution in [1.29, 1.82) is 5.26 Å². The van der Waals surface area contributed by atoms with Gasteiger partial charge in [-0.1, -0.05) is 19.8 Å². The van der Waals surface area contributed by atoms with Crippen molar-refractivity contribution in [3.05, 3.63) is 23.4 Å². The topological polar surface area (TPSA) is 48.7 Å². The summed E-state index contributed by atoms with van der Waals surface area (Å²) in [6.45, 7) is 2.19. The number of hydrogen-bond donors (Lipinski definition) is 1. The van der Waals surface area contributed by atoms with Crippen LogP contribution < -0.4 is 5.32 Å². The van der Waals surface area contributed by atoms with Gasteiger partial charge in [0.05, 0.1) is 5.56 Å². The molecule has 0 saturated heterocycles. The molecule has 0 amide bonds. The Morgan fingerprint density at radius 2 is 2.00 bits per heavy atom. The van der Waals surface area contributed by atoms with Crippen molar-refractivity contribution in [3.63, 3.8) is 0 Å². The Morgan fingerprint density at radius 1 is 1.24 bits per heavy atom. The van der Waals surface area contributed by atoms with Crippen LogP contribution in [0.2, 0.25) is 0 Å². The average Bonchev–Trinajstić information content (AvgIpc) is 2.63. The van der Waals surface area contributed by atoms with Gasteiger partial charge in [-0.05, 0) is 37.3 Å². The summed E-state index contributed by atoms with van der Waals surface area (Å²) in [5, 5.41) is 12.1. The minimum atomic E-state index is -4.50. The van der Waals surface area contributed by atoms with Crippen LogP contribution in [0.1, 0.15) is 50.3 Å². The highest BCUT2D eigenvalue weighted by atomic mass is 19.4. The van der Waals surface area contributed by atoms with Gasteiger partial charge in [-0.15, -0.1) is 0 Å². The Hall–Kier alpha value is -1.77. The molecule has 1 aliphatic carbocycles. The number of rotatable bonds is 2. The quantitative estimate of drug-likeness (QED) is 0.825. The molecule has 0 spiro atoms. The summed E-state index contributed by atoms with van der Waals surface area (Å²) in [6.07, 6.45) is 0.511. The van der Waals surface area contributed by atoms with Crippen LogP contribution in [0.3, 0.4) is 0 Å². The summed E-state index contributed by atoms with van der Waals surface area (Å²) in [7, 11) is 0. The van der Waals surface area contributed by atoms with E-state index in [1.165, 1.54) is 6.07 Å². The maximum absolute atomic E-state index is 12.7. The fraction of sp³-hybridized carbons (Fsp3) is 0.600. The molecule has 1 aliphatic rings. The van der Waals surface area contributed by atoms with E-state index in [2.05, 4.69) is 17.2 Å². The van der Waals surface area contributed by atoms with Crippen LogP contribution in [0, 0.1) is 17.2 Å². The van der Waals surface area contributed by atoms with Gasteiger partial charge in [0.15, 0.2) is 0 Å². The molecule has 0 radical (unpaired) electrons. The Bertz CT molecular complexity index is 534. The van der Waals surface area contributed by atoms with Crippen LogP contribution in [-0.4, -0.2) is 11.0 Å². The van der Waals surface area contributed by atoms with Gasteiger partial charge in [0.25, 0.3) is 0 Å². The molecule has 21 heavy (non-hydrogen) atoms. The number of pyridine rings is 1. The Morgan fingerprint density at radius 3 is 2.67 bits per heavy atom. The van der Waals surface area contributed by atoms with Gasteiger partial charge >= 0.3 is 6.18 Å². The van der Waals surface area contributed by atoms with Crippen LogP contribution in [0.4, 0.5) is 19.0 Å². The first kappa shape index (κ1) is 15.6. The molecule has 0 bridgehead atoms. The van der Waals surface area contributed by atoms with Crippen molar-refractivity contribution in [2.24, 2.45) is 5.92 Å². The second kappa shape index (κ2) is 6.33. The number of hydrogen-bond acceptors (Lipinski definition) is 3. The predicted octanol–water partition coefficient (Wildman–Crippen LogP) is 4.35. The van der Waals surface area contributed by atoms with Crippen LogP contribution in [0.15, 0.2) is 12.1 Å². The molecule has 1 aromatic heterocycles. The van der Waals surface area contributed by atoms with E-state index in [0.29, 0.717) is 5.92 Å². The zero-order chi connectivity index (χ0) is 15.5. The molecule has 3 nitrogen and oxygen atoms in total. The normalized spacial score (nSPS) is 23.2. The summed E-state index contributed by atoms with van der Waals surface area (Å²) in [6, 6.07) is 4.00. The highest BCUT2D eigenvalue weighted by molar-refractivity contribution is 5.53. The lowest BCUT2D eigenvalue weighted by Gasteiger charge is -2.19. The Balaban J connectivity index is 2.19. The smallest absolute Gasteiger partial charge is 0.366 e. The fourth-order valence-electron chi connectivity index (χ4n) is 2.64. The minimum absolute atomic E-state index is 0.0480. The first-order valence-corrected chi connectivity index (χ1v) is 7.15. The van der Waals surface area contributed by atoms with E-state index in [4.69, 9.17) is 5.26 Å². The van der Waals surface area contributed by atoms with E-state index in [-0.39, 0.29) is 17.4 Å². The van der Waals surface area contributed by atoms with Gasteiger partial charge in [-0.2, -0.15) is 18.4 Å². The van der Waals surface area contributed by atoms with Crippen molar-refractivity contribution in [2.75, 3.05) is 5.32 Å². The van der Waals surface area contributed by atoms with Gasteiger partial charge < -0.3 is 5.32 Å². The van der Waals surface area contributed by atoms with Gasteiger partial charge in [-0.3, -0.25) is 0 Å². The lowest BCUT2D eigenvalue weighted by molar-refractivity contribution is -0.141. The zero-order valence-electron chi connectivity index (χ0n) is 11.9. The van der Waals surface area contributed by atoms with Crippen molar-refractivity contribution in [1.82, 2.24) is 4.98 Å². The predicted molar refractivity (Wildman–Crippen MR) is 73.6 cm³/mol. The average molecular weight is 297 g/mol. The first-order valence-electron chi connectivity index (χ1n) is 7.15. The van der Waals surface area contributed by atoms with Crippen molar-refractivity contribution in [3.8, 4) is 6.07 Å². The molecule has 1 heterocycles. The SMILES string of the molecule is CC1CCCC(Nc2nc(C(F)(F)F)ccc2C#N)CC1. The summed E-state index contributed by atoms with van der Waals surface area (Å²) in [5.41, 5.74) is -0.814. The monoisotopic (exact) mass is 297 g/mol. The van der Waals surface area contributed by atoms with Crippen LogP contribution in [0.5, 0.6) is 0 Å². The standard InChI is InChI=1S/C15H18F3N3/c1-10-3-2-4-12(7-5-10)20-14-11(9-19)6-8-13(21-14)15(16,17)18/h6,8,10,12H,2-5,7H2,1H3,(H,20,21). The van der Waals surface area contributed by atoms with E-state index in [1.54, 1.807) is 0 Å². The van der Waals surface area contributed by atoms with Crippen LogP contribution >= 0.6 is 0 Å². The highest BCUT2D eigenvalue weighted by Crippen LogP contribution is 2.30. The summed E-state index contributed by atoms with van der Waals surface area (Å²) >= 11 is 0. The van der Waals surface area contributed by atoms with Crippen molar-refractivity contribution in [2.45, 2.75) is 51.2 Å². The van der Waals surface area contributed by atoms with E-state index in [9.17, 15) is 13.2 Å². The lowest BCUT2D eigenvalue weighted by Crippen LogP contribution is -2.21. The molecule has 0 aromatic carbocycles. The molecule has 1 fully saturated rings. The highest BCUT2D eigenvalue weighted by Gasteiger charge is 2.33. The Labute approximate surface area is 122 Å². The number of aromatic nitrogens is 1. The molecule has 2 atom stereocenters. The molecule has 114 valence electrons. The fourth-order valence-corrected chi connectivity index (χ4v) is 2.64. The maximum Gasteiger partial charge on any atom is 0.433 e. The molecule has 0 aliphatic heterocycles. The van der Waals surface area contributed by atoms with Gasteiger partial charge in [0.2, 0.25) is 0 Å². The molecular weight excluding hydrogens is 279 g/mol. The summed E-state index contributed by atoms with van der Waals surface area (Å²) in [5.74, 6) is 0.689. The third kappa shape index (κ3) is 4.10. The second-order valence-corrected chi connectivity index (χ2v) is 5.66. The number of nitriles is 1. The minimum Gasteiger partial charge on any atom is -0.366 e. The first-order chi connectivity index (χ1) is 9.90. The molecular formula is C15H18F3N3. The van der Waals surface area contributed by atoms with E-state index >= 15 is 0 Å². The molecule has 1 aromatic rings. The van der Waals surface area contributed by atoms with Gasteiger partial charge in [0, 0.05) is 6.04 Å². The van der Waals surface area contributed by atoms with Crippen molar-refractivity contribution >= 4 is 5.82 Å². The lowest BCUT2D eigenvalue weighted by atomic mass is 10.0. The van der Waals surface area contributed by atoms with Crippen LogP contribution in [-0.2, 0) is 6.18 Å². The number of anilines is 1. The maximum atomic E-state index is 12.7. The molecule has 1 saturated carbocycles. The van der Waals surface area contributed by atoms with Gasteiger partial charge in [0.1, 0.15) is 17.6 Å². The number of alkyl halides is 3. The van der Waals surface area contributed by atoms with E-state index in [0.717, 1.165) is 38.2 Å².